The maximum absolute atomic E-state index is 12.1. The Kier molecular flexibility index (Phi) is 5.80. The van der Waals surface area contributed by atoms with Crippen LogP contribution in [0.2, 0.25) is 0 Å². The van der Waals surface area contributed by atoms with E-state index in [1.807, 2.05) is 13.0 Å². The lowest BCUT2D eigenvalue weighted by molar-refractivity contribution is 0.0675. The number of aliphatic hydroxyl groups is 1. The van der Waals surface area contributed by atoms with Gasteiger partial charge in [-0.2, -0.15) is 10.4 Å². The average Bonchev–Trinajstić information content (AvgIpc) is 3.26. The van der Waals surface area contributed by atoms with E-state index in [0.717, 1.165) is 18.5 Å². The van der Waals surface area contributed by atoms with Crippen LogP contribution in [-0.4, -0.2) is 60.6 Å². The number of fused-ring (bicyclic) bond motifs is 1. The smallest absolute Gasteiger partial charge is 0.407 e. The van der Waals surface area contributed by atoms with Gasteiger partial charge in [-0.25, -0.2) is 14.8 Å². The van der Waals surface area contributed by atoms with Gasteiger partial charge in [-0.3, -0.25) is 9.50 Å². The van der Waals surface area contributed by atoms with Crippen molar-refractivity contribution in [2.75, 3.05) is 18.5 Å². The van der Waals surface area contributed by atoms with E-state index in [9.17, 15) is 15.2 Å². The molecule has 1 saturated carbocycles. The molecule has 2 aliphatic rings. The zero-order chi connectivity index (χ0) is 23.7. The largest absolute Gasteiger partial charge is 0.444 e. The number of alkyl carbamates (subject to hydrolysis) is 1. The number of ether oxygens (including phenoxy) is 2. The monoisotopic (exact) mass is 466 g/mol. The highest BCUT2D eigenvalue weighted by Gasteiger charge is 2.40. The van der Waals surface area contributed by atoms with E-state index < -0.39 is 6.09 Å². The van der Waals surface area contributed by atoms with Crippen LogP contribution >= 0.6 is 0 Å². The third-order valence-electron chi connectivity index (χ3n) is 6.13. The number of nitrogens with one attached hydrogen (secondary N) is 3. The lowest BCUT2D eigenvalue weighted by Gasteiger charge is -2.15. The van der Waals surface area contributed by atoms with Gasteiger partial charge < -0.3 is 25.2 Å². The average molecular weight is 467 g/mol. The Morgan fingerprint density at radius 1 is 1.50 bits per heavy atom. The van der Waals surface area contributed by atoms with Crippen molar-refractivity contribution in [3.63, 3.8) is 0 Å². The molecule has 2 atom stereocenters. The van der Waals surface area contributed by atoms with E-state index in [1.165, 1.54) is 0 Å². The zero-order valence-corrected chi connectivity index (χ0v) is 18.7. The van der Waals surface area contributed by atoms with Crippen molar-refractivity contribution in [2.45, 2.75) is 56.8 Å². The minimum absolute atomic E-state index is 0.00469. The van der Waals surface area contributed by atoms with Gasteiger partial charge in [0.1, 0.15) is 23.8 Å². The van der Waals surface area contributed by atoms with Gasteiger partial charge in [0.15, 0.2) is 11.5 Å². The molecule has 4 heterocycles. The minimum atomic E-state index is -0.408. The Morgan fingerprint density at radius 2 is 2.35 bits per heavy atom. The number of nitrogens with zero attached hydrogens (tertiary/aromatic N) is 5. The molecule has 1 aliphatic heterocycles. The molecule has 12 nitrogen and oxygen atoms in total. The summed E-state index contributed by atoms with van der Waals surface area (Å²) in [6.07, 6.45) is 5.71. The second kappa shape index (κ2) is 8.92. The SMILES string of the molecule is CC1(NC(=O)OC2COC(c3cc(Nc4nc(CCCO)c(C#N)c5nccn45)n[nH]3)C2)CC1. The van der Waals surface area contributed by atoms with Gasteiger partial charge in [-0.1, -0.05) is 0 Å². The topological polar surface area (TPSA) is 162 Å². The first kappa shape index (κ1) is 22.1. The van der Waals surface area contributed by atoms with Crippen molar-refractivity contribution in [1.82, 2.24) is 29.9 Å². The maximum atomic E-state index is 12.1. The molecule has 34 heavy (non-hydrogen) atoms. The number of H-pyrrole nitrogens is 1. The first-order valence-electron chi connectivity index (χ1n) is 11.3. The molecule has 5 rings (SSSR count). The van der Waals surface area contributed by atoms with Gasteiger partial charge in [0, 0.05) is 37.0 Å². The highest BCUT2D eigenvalue weighted by Crippen LogP contribution is 2.35. The molecule has 4 N–H and O–H groups in total. The summed E-state index contributed by atoms with van der Waals surface area (Å²) in [7, 11) is 0. The summed E-state index contributed by atoms with van der Waals surface area (Å²) in [5, 5.41) is 32.1. The number of imidazole rings is 1. The Labute approximate surface area is 195 Å². The predicted octanol–water partition coefficient (Wildman–Crippen LogP) is 2.10. The van der Waals surface area contributed by atoms with Crippen LogP contribution in [0.3, 0.4) is 0 Å². The highest BCUT2D eigenvalue weighted by atomic mass is 16.6. The fourth-order valence-corrected chi connectivity index (χ4v) is 3.97. The van der Waals surface area contributed by atoms with Gasteiger partial charge in [-0.05, 0) is 32.6 Å². The van der Waals surface area contributed by atoms with E-state index in [1.54, 1.807) is 16.8 Å². The number of rotatable bonds is 8. The minimum Gasteiger partial charge on any atom is -0.444 e. The van der Waals surface area contributed by atoms with Crippen LogP contribution in [-0.2, 0) is 15.9 Å². The summed E-state index contributed by atoms with van der Waals surface area (Å²) < 4.78 is 13.0. The maximum Gasteiger partial charge on any atom is 0.407 e. The van der Waals surface area contributed by atoms with E-state index in [0.29, 0.717) is 54.5 Å². The predicted molar refractivity (Wildman–Crippen MR) is 119 cm³/mol. The third kappa shape index (κ3) is 4.52. The molecule has 1 amide bonds. The Balaban J connectivity index is 1.27. The van der Waals surface area contributed by atoms with E-state index in [-0.39, 0.29) is 24.4 Å². The molecule has 3 aromatic heterocycles. The molecule has 3 aromatic rings. The first-order chi connectivity index (χ1) is 16.5. The Hall–Kier alpha value is -3.69. The molecular formula is C22H26N8O4. The fraction of sp³-hybridized carbons (Fsp3) is 0.500. The summed E-state index contributed by atoms with van der Waals surface area (Å²) in [6, 6.07) is 3.98. The van der Waals surface area contributed by atoms with Gasteiger partial charge >= 0.3 is 6.09 Å². The molecular weight excluding hydrogens is 440 g/mol. The summed E-state index contributed by atoms with van der Waals surface area (Å²) in [5.74, 6) is 0.971. The number of amides is 1. The van der Waals surface area contributed by atoms with Gasteiger partial charge in [0.2, 0.25) is 5.95 Å². The van der Waals surface area contributed by atoms with Crippen LogP contribution in [0.1, 0.15) is 55.7 Å². The van der Waals surface area contributed by atoms with Gasteiger partial charge in [0.05, 0.1) is 18.0 Å². The number of aryl methyl sites for hydroxylation is 1. The number of aromatic nitrogens is 5. The van der Waals surface area contributed by atoms with Crippen molar-refractivity contribution < 1.29 is 19.4 Å². The molecule has 2 fully saturated rings. The Bertz CT molecular complexity index is 1240. The van der Waals surface area contributed by atoms with Crippen LogP contribution in [0.25, 0.3) is 5.65 Å². The third-order valence-corrected chi connectivity index (χ3v) is 6.13. The highest BCUT2D eigenvalue weighted by molar-refractivity contribution is 5.69. The molecule has 0 aromatic carbocycles. The molecule has 12 heteroatoms. The Morgan fingerprint density at radius 3 is 3.12 bits per heavy atom. The molecule has 0 bridgehead atoms. The molecule has 1 aliphatic carbocycles. The van der Waals surface area contributed by atoms with E-state index in [2.05, 4.69) is 36.9 Å². The van der Waals surface area contributed by atoms with Crippen molar-refractivity contribution in [3.05, 3.63) is 35.4 Å². The second-order valence-electron chi connectivity index (χ2n) is 8.92. The number of carbonyl (C=O) groups excluding carboxylic acids is 1. The number of aromatic amines is 1. The normalized spacial score (nSPS) is 20.7. The zero-order valence-electron chi connectivity index (χ0n) is 18.7. The molecule has 178 valence electrons. The first-order valence-corrected chi connectivity index (χ1v) is 11.3. The standard InChI is InChI=1S/C22H26N8O4/c1-22(4-5-22)27-21(32)34-13-9-17(33-12-13)16-10-18(29-28-16)26-20-25-15(3-2-8-31)14(11-23)19-24-6-7-30(19)20/h6-7,10,13,17,31H,2-5,8-9,12H2,1H3,(H,27,32)(H2,25,26,28,29). The van der Waals surface area contributed by atoms with Crippen LogP contribution in [0.15, 0.2) is 18.5 Å². The number of anilines is 2. The number of hydrogen-bond acceptors (Lipinski definition) is 9. The second-order valence-corrected chi connectivity index (χ2v) is 8.92. The quantitative estimate of drug-likeness (QED) is 0.389. The number of carbonyl (C=O) groups is 1. The van der Waals surface area contributed by atoms with Crippen LogP contribution < -0.4 is 10.6 Å². The number of hydrogen-bond donors (Lipinski definition) is 4. The summed E-state index contributed by atoms with van der Waals surface area (Å²) in [4.78, 5) is 20.9. The molecule has 0 radical (unpaired) electrons. The lowest BCUT2D eigenvalue weighted by atomic mass is 10.1. The number of nitriles is 1. The van der Waals surface area contributed by atoms with Crippen LogP contribution in [0.4, 0.5) is 16.6 Å². The summed E-state index contributed by atoms with van der Waals surface area (Å²) >= 11 is 0. The van der Waals surface area contributed by atoms with Crippen molar-refractivity contribution >= 4 is 23.5 Å². The van der Waals surface area contributed by atoms with Crippen molar-refractivity contribution in [2.24, 2.45) is 0 Å². The molecule has 2 unspecified atom stereocenters. The molecule has 1 saturated heterocycles. The van der Waals surface area contributed by atoms with E-state index >= 15 is 0 Å². The summed E-state index contributed by atoms with van der Waals surface area (Å²) in [6.45, 7) is 2.32. The van der Waals surface area contributed by atoms with Crippen molar-refractivity contribution in [3.8, 4) is 6.07 Å². The van der Waals surface area contributed by atoms with Crippen molar-refractivity contribution in [1.29, 1.82) is 5.26 Å². The lowest BCUT2D eigenvalue weighted by Crippen LogP contribution is -2.37. The van der Waals surface area contributed by atoms with Gasteiger partial charge in [-0.15, -0.1) is 0 Å². The molecule has 0 spiro atoms. The summed E-state index contributed by atoms with van der Waals surface area (Å²) in [5.41, 5.74) is 2.06. The van der Waals surface area contributed by atoms with Gasteiger partial charge in [0.25, 0.3) is 0 Å². The number of aliphatic hydroxyl groups excluding tert-OH is 1. The fourth-order valence-electron chi connectivity index (χ4n) is 3.97. The van der Waals surface area contributed by atoms with Crippen LogP contribution in [0, 0.1) is 11.3 Å². The van der Waals surface area contributed by atoms with E-state index in [4.69, 9.17) is 9.47 Å². The van der Waals surface area contributed by atoms with Crippen LogP contribution in [0.5, 0.6) is 0 Å².